The third-order valence-electron chi connectivity index (χ3n) is 3.30. The number of carbonyl (C=O) groups is 1. The highest BCUT2D eigenvalue weighted by Crippen LogP contribution is 2.21. The van der Waals surface area contributed by atoms with Crippen molar-refractivity contribution in [3.05, 3.63) is 0 Å². The van der Waals surface area contributed by atoms with Crippen LogP contribution in [-0.4, -0.2) is 49.1 Å². The topological polar surface area (TPSA) is 83.7 Å². The highest BCUT2D eigenvalue weighted by atomic mass is 32.2. The van der Waals surface area contributed by atoms with Crippen LogP contribution >= 0.6 is 0 Å². The minimum atomic E-state index is -3.57. The van der Waals surface area contributed by atoms with Gasteiger partial charge >= 0.3 is 0 Å². The summed E-state index contributed by atoms with van der Waals surface area (Å²) in [6, 6.07) is 0. The average molecular weight is 291 g/mol. The Hall–Kier alpha value is -0.660. The number of nitrogens with zero attached hydrogens (tertiary/aromatic N) is 2. The van der Waals surface area contributed by atoms with Gasteiger partial charge in [-0.2, -0.15) is 17.0 Å². The molecule has 1 fully saturated rings. The molecule has 1 saturated heterocycles. The number of carbonyl (C=O) groups excluding carboxylic acids is 1. The van der Waals surface area contributed by atoms with Gasteiger partial charge in [0.25, 0.3) is 10.2 Å². The van der Waals surface area contributed by atoms with Crippen molar-refractivity contribution in [1.82, 2.24) is 8.61 Å². The Morgan fingerprint density at radius 3 is 2.32 bits per heavy atom. The molecule has 112 valence electrons. The van der Waals surface area contributed by atoms with Crippen LogP contribution in [0.25, 0.3) is 0 Å². The Morgan fingerprint density at radius 2 is 1.89 bits per heavy atom. The van der Waals surface area contributed by atoms with Crippen LogP contribution < -0.4 is 5.73 Å². The van der Waals surface area contributed by atoms with E-state index in [0.29, 0.717) is 25.6 Å². The van der Waals surface area contributed by atoms with Crippen molar-refractivity contribution in [2.75, 3.05) is 26.2 Å². The first kappa shape index (κ1) is 16.4. The molecule has 7 heteroatoms. The maximum atomic E-state index is 12.5. The quantitative estimate of drug-likeness (QED) is 0.769. The molecule has 2 N–H and O–H groups in total. The molecule has 0 spiro atoms. The van der Waals surface area contributed by atoms with Crippen LogP contribution in [0.5, 0.6) is 0 Å². The first-order valence-corrected chi connectivity index (χ1v) is 8.16. The van der Waals surface area contributed by atoms with E-state index in [0.717, 1.165) is 12.8 Å². The Morgan fingerprint density at radius 1 is 1.37 bits per heavy atom. The highest BCUT2D eigenvalue weighted by Gasteiger charge is 2.33. The van der Waals surface area contributed by atoms with Gasteiger partial charge in [0.05, 0.1) is 6.54 Å². The summed E-state index contributed by atoms with van der Waals surface area (Å²) in [7, 11) is -3.57. The fraction of sp³-hybridized carbons (Fsp3) is 0.917. The summed E-state index contributed by atoms with van der Waals surface area (Å²) in [5, 5.41) is 0. The number of piperidine rings is 1. The lowest BCUT2D eigenvalue weighted by molar-refractivity contribution is -0.118. The smallest absolute Gasteiger partial charge is 0.282 e. The third kappa shape index (κ3) is 4.74. The van der Waals surface area contributed by atoms with Crippen LogP contribution in [0.2, 0.25) is 0 Å². The van der Waals surface area contributed by atoms with Crippen molar-refractivity contribution >= 4 is 16.1 Å². The predicted molar refractivity (Wildman–Crippen MR) is 74.5 cm³/mol. The Balaban J connectivity index is 2.82. The van der Waals surface area contributed by atoms with Gasteiger partial charge in [0.1, 0.15) is 0 Å². The van der Waals surface area contributed by atoms with E-state index in [-0.39, 0.29) is 12.5 Å². The van der Waals surface area contributed by atoms with E-state index in [1.807, 2.05) is 13.8 Å². The summed E-state index contributed by atoms with van der Waals surface area (Å²) in [6.07, 6.45) is 1.73. The van der Waals surface area contributed by atoms with Crippen molar-refractivity contribution in [2.45, 2.75) is 33.6 Å². The van der Waals surface area contributed by atoms with Gasteiger partial charge in [0, 0.05) is 19.6 Å². The van der Waals surface area contributed by atoms with Crippen LogP contribution in [0.3, 0.4) is 0 Å². The standard InChI is InChI=1S/C12H25N3O3S/c1-10(2)8-15(9-12(13)16)19(17,18)14-6-4-11(3)5-7-14/h10-11H,4-9H2,1-3H3,(H2,13,16). The molecule has 19 heavy (non-hydrogen) atoms. The molecule has 0 saturated carbocycles. The second-order valence-electron chi connectivity index (χ2n) is 5.74. The Kier molecular flexibility index (Phi) is 5.76. The molecule has 0 aliphatic carbocycles. The van der Waals surface area contributed by atoms with Gasteiger partial charge in [-0.05, 0) is 24.7 Å². The number of primary amides is 1. The number of hydrogen-bond donors (Lipinski definition) is 1. The molecule has 0 atom stereocenters. The van der Waals surface area contributed by atoms with Crippen LogP contribution in [0.1, 0.15) is 33.6 Å². The largest absolute Gasteiger partial charge is 0.369 e. The van der Waals surface area contributed by atoms with Gasteiger partial charge in [-0.25, -0.2) is 0 Å². The SMILES string of the molecule is CC(C)CN(CC(N)=O)S(=O)(=O)N1CCC(C)CC1. The van der Waals surface area contributed by atoms with Crippen LogP contribution in [0.4, 0.5) is 0 Å². The maximum absolute atomic E-state index is 12.5. The van der Waals surface area contributed by atoms with Gasteiger partial charge in [-0.15, -0.1) is 0 Å². The van der Waals surface area contributed by atoms with E-state index in [9.17, 15) is 13.2 Å². The summed E-state index contributed by atoms with van der Waals surface area (Å²) in [5.74, 6) is 0.0913. The molecule has 0 aromatic carbocycles. The van der Waals surface area contributed by atoms with E-state index < -0.39 is 16.1 Å². The zero-order valence-electron chi connectivity index (χ0n) is 12.0. The molecule has 1 heterocycles. The average Bonchev–Trinajstić information content (AvgIpc) is 2.27. The minimum absolute atomic E-state index is 0.151. The first-order chi connectivity index (χ1) is 8.73. The summed E-state index contributed by atoms with van der Waals surface area (Å²) in [5.41, 5.74) is 5.15. The number of amides is 1. The maximum Gasteiger partial charge on any atom is 0.282 e. The molecule has 0 unspecified atom stereocenters. The van der Waals surface area contributed by atoms with E-state index in [4.69, 9.17) is 5.73 Å². The van der Waals surface area contributed by atoms with E-state index in [2.05, 4.69) is 6.92 Å². The van der Waals surface area contributed by atoms with Gasteiger partial charge in [-0.3, -0.25) is 4.79 Å². The highest BCUT2D eigenvalue weighted by molar-refractivity contribution is 7.86. The number of rotatable bonds is 6. The zero-order valence-corrected chi connectivity index (χ0v) is 12.8. The van der Waals surface area contributed by atoms with Gasteiger partial charge in [0.2, 0.25) is 5.91 Å². The molecule has 0 aromatic rings. The molecule has 0 radical (unpaired) electrons. The van der Waals surface area contributed by atoms with Crippen molar-refractivity contribution in [3.8, 4) is 0 Å². The van der Waals surface area contributed by atoms with Crippen LogP contribution in [0, 0.1) is 11.8 Å². The molecular formula is C12H25N3O3S. The zero-order chi connectivity index (χ0) is 14.6. The first-order valence-electron chi connectivity index (χ1n) is 6.77. The van der Waals surface area contributed by atoms with Crippen molar-refractivity contribution in [2.24, 2.45) is 17.6 Å². The molecule has 1 aliphatic rings. The Bertz CT molecular complexity index is 400. The lowest BCUT2D eigenvalue weighted by atomic mass is 10.0. The molecule has 0 bridgehead atoms. The Labute approximate surface area is 116 Å². The summed E-state index contributed by atoms with van der Waals surface area (Å²) in [6.45, 7) is 7.08. The minimum Gasteiger partial charge on any atom is -0.369 e. The van der Waals surface area contributed by atoms with E-state index >= 15 is 0 Å². The monoisotopic (exact) mass is 291 g/mol. The molecular weight excluding hydrogens is 266 g/mol. The van der Waals surface area contributed by atoms with Crippen LogP contribution in [0.15, 0.2) is 0 Å². The molecule has 1 aliphatic heterocycles. The molecule has 1 amide bonds. The second kappa shape index (κ2) is 6.67. The van der Waals surface area contributed by atoms with Crippen molar-refractivity contribution in [1.29, 1.82) is 0 Å². The lowest BCUT2D eigenvalue weighted by Gasteiger charge is -2.34. The van der Waals surface area contributed by atoms with E-state index in [1.54, 1.807) is 0 Å². The molecule has 0 aromatic heterocycles. The van der Waals surface area contributed by atoms with Gasteiger partial charge in [0.15, 0.2) is 0 Å². The molecule has 6 nitrogen and oxygen atoms in total. The summed E-state index contributed by atoms with van der Waals surface area (Å²) >= 11 is 0. The number of hydrogen-bond acceptors (Lipinski definition) is 3. The second-order valence-corrected chi connectivity index (χ2v) is 7.67. The normalized spacial score (nSPS) is 19.2. The van der Waals surface area contributed by atoms with E-state index in [1.165, 1.54) is 8.61 Å². The van der Waals surface area contributed by atoms with Gasteiger partial charge in [-0.1, -0.05) is 20.8 Å². The third-order valence-corrected chi connectivity index (χ3v) is 5.24. The van der Waals surface area contributed by atoms with Crippen LogP contribution in [-0.2, 0) is 15.0 Å². The summed E-state index contributed by atoms with van der Waals surface area (Å²) in [4.78, 5) is 11.1. The summed E-state index contributed by atoms with van der Waals surface area (Å²) < 4.78 is 27.7. The fourth-order valence-electron chi connectivity index (χ4n) is 2.20. The van der Waals surface area contributed by atoms with Crippen molar-refractivity contribution < 1.29 is 13.2 Å². The van der Waals surface area contributed by atoms with Gasteiger partial charge < -0.3 is 5.73 Å². The van der Waals surface area contributed by atoms with Crippen molar-refractivity contribution in [3.63, 3.8) is 0 Å². The predicted octanol–water partition coefficient (Wildman–Crippen LogP) is 0.406. The number of nitrogens with two attached hydrogens (primary N) is 1. The lowest BCUT2D eigenvalue weighted by Crippen LogP contribution is -2.50. The molecule has 1 rings (SSSR count). The fourth-order valence-corrected chi connectivity index (χ4v) is 3.98.